The van der Waals surface area contributed by atoms with E-state index in [4.69, 9.17) is 9.47 Å². The van der Waals surface area contributed by atoms with Crippen LogP contribution in [0, 0.1) is 0 Å². The molecule has 0 aromatic rings. The van der Waals surface area contributed by atoms with Gasteiger partial charge in [-0.2, -0.15) is 0 Å². The van der Waals surface area contributed by atoms with Crippen LogP contribution in [-0.2, 0) is 9.47 Å². The molecule has 0 aliphatic heterocycles. The highest BCUT2D eigenvalue weighted by Gasteiger charge is 2.05. The molecule has 0 rings (SSSR count). The van der Waals surface area contributed by atoms with Crippen LogP contribution in [0.3, 0.4) is 0 Å². The molecule has 0 aliphatic carbocycles. The molecule has 0 radical (unpaired) electrons. The predicted molar refractivity (Wildman–Crippen MR) is 81.8 cm³/mol. The van der Waals surface area contributed by atoms with Crippen LogP contribution in [0.25, 0.3) is 0 Å². The molecule has 116 valence electrons. The lowest BCUT2D eigenvalue weighted by Gasteiger charge is -2.22. The summed E-state index contributed by atoms with van der Waals surface area (Å²) in [5, 5.41) is 3.54. The minimum Gasteiger partial charge on any atom is -0.383 e. The van der Waals surface area contributed by atoms with E-state index in [1.807, 2.05) is 0 Å². The van der Waals surface area contributed by atoms with Crippen molar-refractivity contribution in [1.29, 1.82) is 0 Å². The zero-order valence-corrected chi connectivity index (χ0v) is 13.4. The zero-order chi connectivity index (χ0) is 14.3. The van der Waals surface area contributed by atoms with Gasteiger partial charge in [0.1, 0.15) is 0 Å². The van der Waals surface area contributed by atoms with Gasteiger partial charge in [0, 0.05) is 33.4 Å². The van der Waals surface area contributed by atoms with Gasteiger partial charge in [-0.15, -0.1) is 0 Å². The molecule has 4 heteroatoms. The van der Waals surface area contributed by atoms with E-state index in [-0.39, 0.29) is 0 Å². The highest BCUT2D eigenvalue weighted by molar-refractivity contribution is 4.62. The first-order chi connectivity index (χ1) is 9.24. The highest BCUT2D eigenvalue weighted by atomic mass is 16.5. The number of methoxy groups -OCH3 is 2. The van der Waals surface area contributed by atoms with Crippen LogP contribution >= 0.6 is 0 Å². The zero-order valence-electron chi connectivity index (χ0n) is 13.4. The predicted octanol–water partition coefficient (Wildman–Crippen LogP) is 2.14. The number of hydrogen-bond donors (Lipinski definition) is 1. The molecule has 0 saturated heterocycles. The number of rotatable bonds is 14. The Morgan fingerprint density at radius 1 is 1.00 bits per heavy atom. The first-order valence-electron chi connectivity index (χ1n) is 7.68. The molecule has 0 fully saturated rings. The fourth-order valence-corrected chi connectivity index (χ4v) is 2.05. The Morgan fingerprint density at radius 3 is 2.16 bits per heavy atom. The van der Waals surface area contributed by atoms with E-state index in [9.17, 15) is 0 Å². The van der Waals surface area contributed by atoms with E-state index in [1.54, 1.807) is 14.2 Å². The van der Waals surface area contributed by atoms with Crippen LogP contribution in [-0.4, -0.2) is 64.6 Å². The molecule has 1 N–H and O–H groups in total. The lowest BCUT2D eigenvalue weighted by Crippen LogP contribution is -2.32. The summed E-state index contributed by atoms with van der Waals surface area (Å²) in [6, 6.07) is 0.645. The molecule has 0 aromatic heterocycles. The number of nitrogens with one attached hydrogen (secondary N) is 1. The molecule has 4 nitrogen and oxygen atoms in total. The number of unbranched alkanes of at least 4 members (excludes halogenated alkanes) is 1. The molecule has 19 heavy (non-hydrogen) atoms. The van der Waals surface area contributed by atoms with Gasteiger partial charge in [-0.1, -0.05) is 13.3 Å². The second kappa shape index (κ2) is 14.3. The second-order valence-electron chi connectivity index (χ2n) is 5.18. The summed E-state index contributed by atoms with van der Waals surface area (Å²) in [5.41, 5.74) is 0. The monoisotopic (exact) mass is 274 g/mol. The molecule has 0 aromatic carbocycles. The lowest BCUT2D eigenvalue weighted by atomic mass is 10.1. The maximum atomic E-state index is 5.15. The Labute approximate surface area is 119 Å². The Hall–Kier alpha value is -0.160. The summed E-state index contributed by atoms with van der Waals surface area (Å²) in [6.07, 6.45) is 5.02. The topological polar surface area (TPSA) is 33.7 Å². The molecule has 0 amide bonds. The van der Waals surface area contributed by atoms with Crippen molar-refractivity contribution in [3.05, 3.63) is 0 Å². The third kappa shape index (κ3) is 12.6. The lowest BCUT2D eigenvalue weighted by molar-refractivity contribution is 0.113. The summed E-state index contributed by atoms with van der Waals surface area (Å²) in [7, 11) is 3.52. The molecule has 1 atom stereocenters. The Bertz CT molecular complexity index is 172. The van der Waals surface area contributed by atoms with Crippen molar-refractivity contribution in [2.75, 3.05) is 53.6 Å². The van der Waals surface area contributed by atoms with E-state index in [1.165, 1.54) is 25.7 Å². The molecule has 0 saturated carbocycles. The average Bonchev–Trinajstić information content (AvgIpc) is 2.43. The van der Waals surface area contributed by atoms with Gasteiger partial charge in [-0.25, -0.2) is 0 Å². The van der Waals surface area contributed by atoms with Crippen molar-refractivity contribution >= 4 is 0 Å². The van der Waals surface area contributed by atoms with Gasteiger partial charge in [0.05, 0.1) is 13.2 Å². The quantitative estimate of drug-likeness (QED) is 0.492. The normalized spacial score (nSPS) is 13.1. The van der Waals surface area contributed by atoms with Gasteiger partial charge < -0.3 is 14.8 Å². The van der Waals surface area contributed by atoms with Crippen LogP contribution in [0.15, 0.2) is 0 Å². The van der Waals surface area contributed by atoms with Crippen molar-refractivity contribution in [2.45, 2.75) is 45.6 Å². The largest absolute Gasteiger partial charge is 0.383 e. The Kier molecular flexibility index (Phi) is 14.1. The van der Waals surface area contributed by atoms with Gasteiger partial charge >= 0.3 is 0 Å². The minimum absolute atomic E-state index is 0.645. The summed E-state index contributed by atoms with van der Waals surface area (Å²) in [6.45, 7) is 10.4. The second-order valence-corrected chi connectivity index (χ2v) is 5.18. The van der Waals surface area contributed by atoms with Crippen LogP contribution in [0.2, 0.25) is 0 Å². The smallest absolute Gasteiger partial charge is 0.0589 e. The molecule has 0 bridgehead atoms. The summed E-state index contributed by atoms with van der Waals surface area (Å²) in [4.78, 5) is 2.43. The molecule has 0 spiro atoms. The first kappa shape index (κ1) is 18.8. The molecule has 0 aliphatic rings. The molecular weight excluding hydrogens is 240 g/mol. The Morgan fingerprint density at radius 2 is 1.63 bits per heavy atom. The summed E-state index contributed by atoms with van der Waals surface area (Å²) in [5.74, 6) is 0. The highest BCUT2D eigenvalue weighted by Crippen LogP contribution is 2.03. The fourth-order valence-electron chi connectivity index (χ4n) is 2.05. The molecular formula is C15H34N2O2. The fraction of sp³-hybridized carbons (Fsp3) is 1.00. The van der Waals surface area contributed by atoms with Crippen molar-refractivity contribution in [3.8, 4) is 0 Å². The van der Waals surface area contributed by atoms with E-state index in [0.717, 1.165) is 39.4 Å². The van der Waals surface area contributed by atoms with Crippen LogP contribution < -0.4 is 5.32 Å². The summed E-state index contributed by atoms with van der Waals surface area (Å²) >= 11 is 0. The maximum absolute atomic E-state index is 5.15. The summed E-state index contributed by atoms with van der Waals surface area (Å²) < 4.78 is 10.3. The van der Waals surface area contributed by atoms with Crippen molar-refractivity contribution in [3.63, 3.8) is 0 Å². The SMILES string of the molecule is CCCNC(C)CCCCN(CCOC)CCOC. The molecule has 0 heterocycles. The van der Waals surface area contributed by atoms with E-state index < -0.39 is 0 Å². The van der Waals surface area contributed by atoms with Crippen LogP contribution in [0.5, 0.6) is 0 Å². The average molecular weight is 274 g/mol. The standard InChI is InChI=1S/C15H34N2O2/c1-5-9-16-15(2)8-6-7-10-17(11-13-18-3)12-14-19-4/h15-16H,5-14H2,1-4H3. The van der Waals surface area contributed by atoms with E-state index >= 15 is 0 Å². The van der Waals surface area contributed by atoms with Crippen molar-refractivity contribution < 1.29 is 9.47 Å². The van der Waals surface area contributed by atoms with Gasteiger partial charge in [0.15, 0.2) is 0 Å². The van der Waals surface area contributed by atoms with Crippen molar-refractivity contribution in [1.82, 2.24) is 10.2 Å². The van der Waals surface area contributed by atoms with Gasteiger partial charge in [-0.3, -0.25) is 4.90 Å². The Balaban J connectivity index is 3.60. The maximum Gasteiger partial charge on any atom is 0.0589 e. The van der Waals surface area contributed by atoms with E-state index in [0.29, 0.717) is 6.04 Å². The van der Waals surface area contributed by atoms with Gasteiger partial charge in [0.2, 0.25) is 0 Å². The third-order valence-electron chi connectivity index (χ3n) is 3.33. The first-order valence-corrected chi connectivity index (χ1v) is 7.68. The third-order valence-corrected chi connectivity index (χ3v) is 3.33. The van der Waals surface area contributed by atoms with Crippen molar-refractivity contribution in [2.24, 2.45) is 0 Å². The van der Waals surface area contributed by atoms with E-state index in [2.05, 4.69) is 24.1 Å². The minimum atomic E-state index is 0.645. The van der Waals surface area contributed by atoms with Gasteiger partial charge in [0.25, 0.3) is 0 Å². The number of hydrogen-bond acceptors (Lipinski definition) is 4. The number of nitrogens with zero attached hydrogens (tertiary/aromatic N) is 1. The van der Waals surface area contributed by atoms with Crippen LogP contribution in [0.1, 0.15) is 39.5 Å². The number of ether oxygens (including phenoxy) is 2. The van der Waals surface area contributed by atoms with Gasteiger partial charge in [-0.05, 0) is 39.3 Å². The molecule has 1 unspecified atom stereocenters. The van der Waals surface area contributed by atoms with Crippen LogP contribution in [0.4, 0.5) is 0 Å².